The molecule has 2 aromatic carbocycles. The number of phenolic OH excluding ortho intramolecular Hbond substituents is 1. The van der Waals surface area contributed by atoms with Crippen LogP contribution < -0.4 is 15.1 Å². The molecule has 2 aromatic rings. The van der Waals surface area contributed by atoms with Crippen molar-refractivity contribution in [1.82, 2.24) is 10.2 Å². The molecule has 0 aliphatic carbocycles. The molecule has 200 valence electrons. The van der Waals surface area contributed by atoms with Crippen molar-refractivity contribution in [1.29, 1.82) is 0 Å². The Balaban J connectivity index is 1.23. The summed E-state index contributed by atoms with van der Waals surface area (Å²) in [5.41, 5.74) is 1.63. The van der Waals surface area contributed by atoms with Crippen LogP contribution in [-0.2, 0) is 14.3 Å². The van der Waals surface area contributed by atoms with E-state index in [4.69, 9.17) is 4.74 Å². The molecule has 1 atom stereocenters. The molecule has 2 aliphatic heterocycles. The number of phenols is 1. The normalized spacial score (nSPS) is 17.1. The number of amides is 3. The lowest BCUT2D eigenvalue weighted by atomic mass is 10.1. The average molecular weight is 523 g/mol. The molecule has 10 heteroatoms. The molecule has 2 saturated heterocycles. The van der Waals surface area contributed by atoms with Gasteiger partial charge in [-0.2, -0.15) is 0 Å². The Morgan fingerprint density at radius 2 is 1.87 bits per heavy atom. The summed E-state index contributed by atoms with van der Waals surface area (Å²) in [6.07, 6.45) is 0.590. The summed E-state index contributed by atoms with van der Waals surface area (Å²) in [5, 5.41) is 11.9. The summed E-state index contributed by atoms with van der Waals surface area (Å²) in [7, 11) is 0. The minimum atomic E-state index is -0.578. The molecule has 0 bridgehead atoms. The number of cyclic esters (lactones) is 1. The van der Waals surface area contributed by atoms with Crippen LogP contribution in [0.5, 0.6) is 5.75 Å². The largest absolute Gasteiger partial charge is 0.508 e. The van der Waals surface area contributed by atoms with E-state index in [9.17, 15) is 19.5 Å². The van der Waals surface area contributed by atoms with Gasteiger partial charge in [0.1, 0.15) is 17.7 Å². The van der Waals surface area contributed by atoms with Crippen LogP contribution in [0.4, 0.5) is 20.6 Å². The lowest BCUT2D eigenvalue weighted by Gasteiger charge is -2.36. The SMILES string of the molecule is CC(=O)NC[C@H]1CN(c2ccc(N3CCN(C(=O)CCCC#Cc4ccc(O)cc4)CC3)c(F)c2)C(=O)O1. The minimum absolute atomic E-state index is 0.0632. The van der Waals surface area contributed by atoms with Gasteiger partial charge in [0, 0.05) is 51.5 Å². The predicted molar refractivity (Wildman–Crippen MR) is 140 cm³/mol. The first-order valence-corrected chi connectivity index (χ1v) is 12.6. The van der Waals surface area contributed by atoms with Gasteiger partial charge in [-0.15, -0.1) is 0 Å². The third-order valence-corrected chi connectivity index (χ3v) is 6.46. The number of benzene rings is 2. The van der Waals surface area contributed by atoms with Crippen molar-refractivity contribution in [3.05, 3.63) is 53.8 Å². The molecule has 0 radical (unpaired) electrons. The van der Waals surface area contributed by atoms with Crippen molar-refractivity contribution in [3.63, 3.8) is 0 Å². The van der Waals surface area contributed by atoms with Gasteiger partial charge in [0.15, 0.2) is 0 Å². The molecule has 38 heavy (non-hydrogen) atoms. The maximum absolute atomic E-state index is 15.0. The molecule has 2 fully saturated rings. The summed E-state index contributed by atoms with van der Waals surface area (Å²) in [4.78, 5) is 41.0. The molecular weight excluding hydrogens is 491 g/mol. The Morgan fingerprint density at radius 3 is 2.55 bits per heavy atom. The number of nitrogens with zero attached hydrogens (tertiary/aromatic N) is 3. The number of anilines is 2. The number of unbranched alkanes of at least 4 members (excludes halogenated alkanes) is 1. The van der Waals surface area contributed by atoms with E-state index in [1.165, 1.54) is 17.9 Å². The molecule has 0 aromatic heterocycles. The Labute approximate surface area is 221 Å². The zero-order valence-electron chi connectivity index (χ0n) is 21.3. The molecule has 4 rings (SSSR count). The number of carbonyl (C=O) groups excluding carboxylic acids is 3. The first kappa shape index (κ1) is 26.8. The van der Waals surface area contributed by atoms with Gasteiger partial charge >= 0.3 is 6.09 Å². The summed E-state index contributed by atoms with van der Waals surface area (Å²) in [5.74, 6) is 5.67. The van der Waals surface area contributed by atoms with E-state index in [0.29, 0.717) is 56.8 Å². The fraction of sp³-hybridized carbons (Fsp3) is 0.393. The first-order valence-electron chi connectivity index (χ1n) is 12.6. The number of nitrogens with one attached hydrogen (secondary N) is 1. The highest BCUT2D eigenvalue weighted by molar-refractivity contribution is 5.90. The van der Waals surface area contributed by atoms with Gasteiger partial charge in [0.05, 0.1) is 24.5 Å². The molecule has 9 nitrogen and oxygen atoms in total. The third-order valence-electron chi connectivity index (χ3n) is 6.46. The topological polar surface area (TPSA) is 102 Å². The standard InChI is InChI=1S/C28H31FN4O5/c1-20(34)30-18-24-19-33(28(37)38-24)22-9-12-26(25(29)17-22)31-13-15-32(16-14-31)27(36)6-4-2-3-5-21-7-10-23(35)11-8-21/h7-12,17,24,35H,2,4,6,13-16,18-19H2,1H3,(H,30,34)/t24-/m0/s1. The van der Waals surface area contributed by atoms with E-state index in [1.807, 2.05) is 4.90 Å². The van der Waals surface area contributed by atoms with Crippen molar-refractivity contribution < 1.29 is 28.6 Å². The van der Waals surface area contributed by atoms with Gasteiger partial charge < -0.3 is 25.0 Å². The molecule has 0 saturated carbocycles. The van der Waals surface area contributed by atoms with Crippen LogP contribution in [0.2, 0.25) is 0 Å². The van der Waals surface area contributed by atoms with Crippen LogP contribution in [0.25, 0.3) is 0 Å². The Kier molecular flexibility index (Phi) is 8.69. The summed E-state index contributed by atoms with van der Waals surface area (Å²) in [6, 6.07) is 11.3. The second-order valence-corrected chi connectivity index (χ2v) is 9.26. The maximum Gasteiger partial charge on any atom is 0.414 e. The second kappa shape index (κ2) is 12.3. The number of hydrogen-bond donors (Lipinski definition) is 2. The highest BCUT2D eigenvalue weighted by Crippen LogP contribution is 2.28. The van der Waals surface area contributed by atoms with Crippen LogP contribution in [0.3, 0.4) is 0 Å². The number of piperazine rings is 1. The van der Waals surface area contributed by atoms with Crippen molar-refractivity contribution in [3.8, 4) is 17.6 Å². The summed E-state index contributed by atoms with van der Waals surface area (Å²) >= 11 is 0. The van der Waals surface area contributed by atoms with E-state index in [0.717, 1.165) is 5.56 Å². The highest BCUT2D eigenvalue weighted by atomic mass is 19.1. The maximum atomic E-state index is 15.0. The third kappa shape index (κ3) is 6.94. The van der Waals surface area contributed by atoms with Crippen LogP contribution in [0.15, 0.2) is 42.5 Å². The van der Waals surface area contributed by atoms with Crippen LogP contribution in [-0.4, -0.2) is 73.3 Å². The molecule has 0 spiro atoms. The Bertz CT molecular complexity index is 1230. The second-order valence-electron chi connectivity index (χ2n) is 9.26. The number of halogens is 1. The highest BCUT2D eigenvalue weighted by Gasteiger charge is 2.33. The quantitative estimate of drug-likeness (QED) is 0.428. The van der Waals surface area contributed by atoms with Crippen LogP contribution in [0, 0.1) is 17.7 Å². The van der Waals surface area contributed by atoms with Crippen molar-refractivity contribution in [2.45, 2.75) is 32.3 Å². The number of hydrogen-bond acceptors (Lipinski definition) is 6. The van der Waals surface area contributed by atoms with Crippen molar-refractivity contribution >= 4 is 29.3 Å². The number of aromatic hydroxyl groups is 1. The van der Waals surface area contributed by atoms with Crippen molar-refractivity contribution in [2.24, 2.45) is 0 Å². The molecular formula is C28H31FN4O5. The molecule has 2 heterocycles. The van der Waals surface area contributed by atoms with Crippen LogP contribution in [0.1, 0.15) is 31.7 Å². The Morgan fingerprint density at radius 1 is 1.13 bits per heavy atom. The van der Waals surface area contributed by atoms with Gasteiger partial charge in [-0.1, -0.05) is 11.8 Å². The van der Waals surface area contributed by atoms with Gasteiger partial charge in [-0.05, 0) is 48.9 Å². The van der Waals surface area contributed by atoms with Crippen LogP contribution >= 0.6 is 0 Å². The fourth-order valence-electron chi connectivity index (χ4n) is 4.41. The fourth-order valence-corrected chi connectivity index (χ4v) is 4.41. The zero-order valence-corrected chi connectivity index (χ0v) is 21.3. The molecule has 0 unspecified atom stereocenters. The molecule has 2 aliphatic rings. The lowest BCUT2D eigenvalue weighted by Crippen LogP contribution is -2.49. The van der Waals surface area contributed by atoms with E-state index in [-0.39, 0.29) is 30.7 Å². The van der Waals surface area contributed by atoms with Gasteiger partial charge in [-0.3, -0.25) is 14.5 Å². The lowest BCUT2D eigenvalue weighted by molar-refractivity contribution is -0.131. The first-order chi connectivity index (χ1) is 18.3. The zero-order chi connectivity index (χ0) is 27.1. The Hall–Kier alpha value is -4.26. The smallest absolute Gasteiger partial charge is 0.414 e. The minimum Gasteiger partial charge on any atom is -0.508 e. The van der Waals surface area contributed by atoms with Gasteiger partial charge in [-0.25, -0.2) is 9.18 Å². The van der Waals surface area contributed by atoms with E-state index < -0.39 is 18.0 Å². The monoisotopic (exact) mass is 522 g/mol. The van der Waals surface area contributed by atoms with Gasteiger partial charge in [0.2, 0.25) is 11.8 Å². The summed E-state index contributed by atoms with van der Waals surface area (Å²) in [6.45, 7) is 3.83. The average Bonchev–Trinajstić information content (AvgIpc) is 3.28. The van der Waals surface area contributed by atoms with E-state index >= 15 is 4.39 Å². The molecule has 2 N–H and O–H groups in total. The molecule has 3 amide bonds. The van der Waals surface area contributed by atoms with E-state index in [1.54, 1.807) is 41.3 Å². The number of carbonyl (C=O) groups is 3. The van der Waals surface area contributed by atoms with Gasteiger partial charge in [0.25, 0.3) is 0 Å². The number of rotatable bonds is 7. The van der Waals surface area contributed by atoms with Crippen molar-refractivity contribution in [2.75, 3.05) is 49.1 Å². The van der Waals surface area contributed by atoms with E-state index in [2.05, 4.69) is 17.2 Å². The number of ether oxygens (including phenoxy) is 1. The predicted octanol–water partition coefficient (Wildman–Crippen LogP) is 2.86. The summed E-state index contributed by atoms with van der Waals surface area (Å²) < 4.78 is 20.3.